The minimum absolute atomic E-state index is 0.101. The summed E-state index contributed by atoms with van der Waals surface area (Å²) in [5, 5.41) is 6.34. The predicted molar refractivity (Wildman–Crippen MR) is 55.2 cm³/mol. The van der Waals surface area contributed by atoms with Crippen molar-refractivity contribution in [3.63, 3.8) is 0 Å². The molecule has 0 bridgehead atoms. The number of amides is 2. The predicted octanol–water partition coefficient (Wildman–Crippen LogP) is 0.400. The van der Waals surface area contributed by atoms with Crippen LogP contribution in [0.2, 0.25) is 0 Å². The van der Waals surface area contributed by atoms with Gasteiger partial charge in [-0.1, -0.05) is 0 Å². The van der Waals surface area contributed by atoms with Crippen molar-refractivity contribution in [1.29, 1.82) is 0 Å². The first-order chi connectivity index (χ1) is 6.81. The van der Waals surface area contributed by atoms with Crippen LogP contribution in [-0.4, -0.2) is 43.2 Å². The lowest BCUT2D eigenvalue weighted by Gasteiger charge is -2.24. The molecule has 0 radical (unpaired) electrons. The molecule has 0 aromatic carbocycles. The minimum atomic E-state index is 0.101. The van der Waals surface area contributed by atoms with E-state index < -0.39 is 0 Å². The number of nitrogens with one attached hydrogen (secondary N) is 2. The van der Waals surface area contributed by atoms with Gasteiger partial charge in [0, 0.05) is 25.7 Å². The molecule has 0 aromatic rings. The molecule has 2 unspecified atom stereocenters. The number of hydrogen-bond acceptors (Lipinski definition) is 2. The Morgan fingerprint density at radius 3 is 3.14 bits per heavy atom. The van der Waals surface area contributed by atoms with Crippen molar-refractivity contribution in [2.24, 2.45) is 5.92 Å². The first-order valence-corrected chi connectivity index (χ1v) is 5.57. The van der Waals surface area contributed by atoms with Crippen LogP contribution < -0.4 is 10.6 Å². The Morgan fingerprint density at radius 1 is 1.57 bits per heavy atom. The molecule has 2 rings (SSSR count). The molecule has 80 valence electrons. The van der Waals surface area contributed by atoms with Crippen molar-refractivity contribution in [2.45, 2.75) is 25.8 Å². The molecule has 4 heteroatoms. The van der Waals surface area contributed by atoms with E-state index in [2.05, 4.69) is 10.6 Å². The highest BCUT2D eigenvalue weighted by atomic mass is 16.2. The Balaban J connectivity index is 1.89. The van der Waals surface area contributed by atoms with E-state index in [0.717, 1.165) is 26.2 Å². The van der Waals surface area contributed by atoms with E-state index in [9.17, 15) is 4.79 Å². The van der Waals surface area contributed by atoms with Gasteiger partial charge in [0.2, 0.25) is 0 Å². The van der Waals surface area contributed by atoms with Crippen LogP contribution >= 0.6 is 0 Å². The summed E-state index contributed by atoms with van der Waals surface area (Å²) in [4.78, 5) is 13.5. The molecule has 2 atom stereocenters. The number of nitrogens with zero attached hydrogens (tertiary/aromatic N) is 1. The summed E-state index contributed by atoms with van der Waals surface area (Å²) in [7, 11) is 0. The van der Waals surface area contributed by atoms with Crippen molar-refractivity contribution in [1.82, 2.24) is 15.5 Å². The van der Waals surface area contributed by atoms with Crippen LogP contribution in [-0.2, 0) is 0 Å². The van der Waals surface area contributed by atoms with Gasteiger partial charge >= 0.3 is 6.03 Å². The smallest absolute Gasteiger partial charge is 0.317 e. The summed E-state index contributed by atoms with van der Waals surface area (Å²) in [5.74, 6) is 0.686. The van der Waals surface area contributed by atoms with Crippen molar-refractivity contribution in [3.05, 3.63) is 0 Å². The van der Waals surface area contributed by atoms with Crippen LogP contribution in [0, 0.1) is 5.92 Å². The van der Waals surface area contributed by atoms with E-state index in [1.165, 1.54) is 12.8 Å². The third kappa shape index (κ3) is 1.85. The molecule has 2 heterocycles. The van der Waals surface area contributed by atoms with Gasteiger partial charge < -0.3 is 15.5 Å². The average Bonchev–Trinajstić information content (AvgIpc) is 2.61. The SMILES string of the molecule is CCNC(=O)N1CC2CCCNC2C1. The molecule has 0 aliphatic carbocycles. The molecule has 2 saturated heterocycles. The van der Waals surface area contributed by atoms with E-state index in [0.29, 0.717) is 12.0 Å². The number of hydrogen-bond donors (Lipinski definition) is 2. The van der Waals surface area contributed by atoms with Crippen LogP contribution in [0.4, 0.5) is 4.79 Å². The van der Waals surface area contributed by atoms with Gasteiger partial charge in [-0.05, 0) is 32.2 Å². The molecule has 4 nitrogen and oxygen atoms in total. The lowest BCUT2D eigenvalue weighted by Crippen LogP contribution is -2.42. The lowest BCUT2D eigenvalue weighted by atomic mass is 9.94. The maximum absolute atomic E-state index is 11.6. The zero-order chi connectivity index (χ0) is 9.97. The van der Waals surface area contributed by atoms with Crippen molar-refractivity contribution < 1.29 is 4.79 Å². The Hall–Kier alpha value is -0.770. The van der Waals surface area contributed by atoms with Crippen LogP contribution in [0.15, 0.2) is 0 Å². The van der Waals surface area contributed by atoms with Crippen LogP contribution in [0.1, 0.15) is 19.8 Å². The van der Waals surface area contributed by atoms with Crippen molar-refractivity contribution in [3.8, 4) is 0 Å². The average molecular weight is 197 g/mol. The molecule has 14 heavy (non-hydrogen) atoms. The zero-order valence-electron chi connectivity index (χ0n) is 8.75. The fourth-order valence-corrected chi connectivity index (χ4v) is 2.48. The molecule has 2 fully saturated rings. The maximum Gasteiger partial charge on any atom is 0.317 e. The molecule has 0 aromatic heterocycles. The van der Waals surface area contributed by atoms with E-state index in [1.807, 2.05) is 11.8 Å². The summed E-state index contributed by atoms with van der Waals surface area (Å²) in [6.07, 6.45) is 2.53. The number of likely N-dealkylation sites (tertiary alicyclic amines) is 1. The summed E-state index contributed by atoms with van der Waals surface area (Å²) in [5.41, 5.74) is 0. The number of fused-ring (bicyclic) bond motifs is 1. The second-order valence-electron chi connectivity index (χ2n) is 4.20. The van der Waals surface area contributed by atoms with Gasteiger partial charge in [-0.2, -0.15) is 0 Å². The van der Waals surface area contributed by atoms with E-state index in [4.69, 9.17) is 0 Å². The molecule has 2 amide bonds. The Kier molecular flexibility index (Phi) is 2.91. The van der Waals surface area contributed by atoms with Gasteiger partial charge in [0.15, 0.2) is 0 Å². The molecule has 2 aliphatic rings. The molecule has 0 saturated carbocycles. The first kappa shape index (κ1) is 9.77. The Labute approximate surface area is 85.0 Å². The van der Waals surface area contributed by atoms with Crippen molar-refractivity contribution >= 4 is 6.03 Å². The second-order valence-corrected chi connectivity index (χ2v) is 4.20. The maximum atomic E-state index is 11.6. The fraction of sp³-hybridized carbons (Fsp3) is 0.900. The normalized spacial score (nSPS) is 31.4. The lowest BCUT2D eigenvalue weighted by molar-refractivity contribution is 0.207. The van der Waals surface area contributed by atoms with E-state index in [1.54, 1.807) is 0 Å². The number of carbonyl (C=O) groups excluding carboxylic acids is 1. The summed E-state index contributed by atoms with van der Waals surface area (Å²) < 4.78 is 0. The van der Waals surface area contributed by atoms with E-state index in [-0.39, 0.29) is 6.03 Å². The number of urea groups is 1. The van der Waals surface area contributed by atoms with E-state index >= 15 is 0 Å². The molecular formula is C10H19N3O. The third-order valence-electron chi connectivity index (χ3n) is 3.21. The fourth-order valence-electron chi connectivity index (χ4n) is 2.48. The highest BCUT2D eigenvalue weighted by molar-refractivity contribution is 5.74. The molecule has 0 spiro atoms. The van der Waals surface area contributed by atoms with Crippen molar-refractivity contribution in [2.75, 3.05) is 26.2 Å². The number of rotatable bonds is 1. The van der Waals surface area contributed by atoms with Gasteiger partial charge in [0.1, 0.15) is 0 Å². The standard InChI is InChI=1S/C10H19N3O/c1-2-11-10(14)13-6-8-4-3-5-12-9(8)7-13/h8-9,12H,2-7H2,1H3,(H,11,14). The van der Waals surface area contributed by atoms with Crippen LogP contribution in [0.3, 0.4) is 0 Å². The quantitative estimate of drug-likeness (QED) is 0.639. The minimum Gasteiger partial charge on any atom is -0.338 e. The first-order valence-electron chi connectivity index (χ1n) is 5.57. The van der Waals surface area contributed by atoms with Gasteiger partial charge in [-0.25, -0.2) is 4.79 Å². The number of piperidine rings is 1. The number of carbonyl (C=O) groups is 1. The van der Waals surface area contributed by atoms with Gasteiger partial charge in [-0.3, -0.25) is 0 Å². The Morgan fingerprint density at radius 2 is 2.43 bits per heavy atom. The topological polar surface area (TPSA) is 44.4 Å². The largest absolute Gasteiger partial charge is 0.338 e. The summed E-state index contributed by atoms with van der Waals surface area (Å²) >= 11 is 0. The highest BCUT2D eigenvalue weighted by Gasteiger charge is 2.35. The van der Waals surface area contributed by atoms with Crippen LogP contribution in [0.5, 0.6) is 0 Å². The summed E-state index contributed by atoms with van der Waals surface area (Å²) in [6, 6.07) is 0.648. The molecular weight excluding hydrogens is 178 g/mol. The second kappa shape index (κ2) is 4.17. The monoisotopic (exact) mass is 197 g/mol. The Bertz CT molecular complexity index is 205. The summed E-state index contributed by atoms with van der Waals surface area (Å²) in [6.45, 7) is 5.61. The van der Waals surface area contributed by atoms with Crippen LogP contribution in [0.25, 0.3) is 0 Å². The third-order valence-corrected chi connectivity index (χ3v) is 3.21. The zero-order valence-corrected chi connectivity index (χ0v) is 8.75. The highest BCUT2D eigenvalue weighted by Crippen LogP contribution is 2.24. The van der Waals surface area contributed by atoms with Gasteiger partial charge in [0.25, 0.3) is 0 Å². The van der Waals surface area contributed by atoms with Gasteiger partial charge in [-0.15, -0.1) is 0 Å². The van der Waals surface area contributed by atoms with Gasteiger partial charge in [0.05, 0.1) is 0 Å². The molecule has 2 aliphatic heterocycles. The molecule has 2 N–H and O–H groups in total.